The lowest BCUT2D eigenvalue weighted by Gasteiger charge is -2.40. The van der Waals surface area contributed by atoms with E-state index in [2.05, 4.69) is 52.5 Å². The lowest BCUT2D eigenvalue weighted by molar-refractivity contribution is -0.119. The Bertz CT molecular complexity index is 852. The fourth-order valence-electron chi connectivity index (χ4n) is 4.34. The van der Waals surface area contributed by atoms with Gasteiger partial charge in [0.25, 0.3) is 5.91 Å². The third-order valence-corrected chi connectivity index (χ3v) is 6.00. The Morgan fingerprint density at radius 1 is 1.19 bits per heavy atom. The van der Waals surface area contributed by atoms with Crippen LogP contribution < -0.4 is 15.8 Å². The second-order valence-electron chi connectivity index (χ2n) is 8.04. The third-order valence-electron chi connectivity index (χ3n) is 6.00. The van der Waals surface area contributed by atoms with E-state index in [0.29, 0.717) is 17.6 Å². The van der Waals surface area contributed by atoms with Crippen LogP contribution in [0.25, 0.3) is 0 Å². The number of ether oxygens (including phenoxy) is 1. The molecule has 1 fully saturated rings. The minimum absolute atomic E-state index is 0.100. The molecule has 0 radical (unpaired) electrons. The van der Waals surface area contributed by atoms with Crippen molar-refractivity contribution in [2.45, 2.75) is 32.1 Å². The lowest BCUT2D eigenvalue weighted by atomic mass is 9.79. The van der Waals surface area contributed by atoms with Gasteiger partial charge in [-0.15, -0.1) is 0 Å². The number of hydrogen-bond donors (Lipinski definition) is 2. The summed E-state index contributed by atoms with van der Waals surface area (Å²) in [5, 5.41) is 3.53. The maximum atomic E-state index is 10.8. The minimum Gasteiger partial charge on any atom is -0.484 e. The molecule has 0 spiro atoms. The number of nitrogens with one attached hydrogen (secondary N) is 1. The van der Waals surface area contributed by atoms with Gasteiger partial charge in [0.1, 0.15) is 5.75 Å². The molecule has 166 valence electrons. The molecule has 1 aliphatic rings. The van der Waals surface area contributed by atoms with Crippen molar-refractivity contribution in [1.29, 1.82) is 0 Å². The van der Waals surface area contributed by atoms with Gasteiger partial charge in [0.2, 0.25) is 0 Å². The fourth-order valence-corrected chi connectivity index (χ4v) is 4.34. The number of guanidine groups is 1. The maximum absolute atomic E-state index is 10.8. The van der Waals surface area contributed by atoms with E-state index >= 15 is 0 Å². The monoisotopic (exact) mass is 422 g/mol. The molecule has 0 saturated carbocycles. The first-order valence-corrected chi connectivity index (χ1v) is 11.1. The summed E-state index contributed by atoms with van der Waals surface area (Å²) in [5.74, 6) is 2.40. The van der Waals surface area contributed by atoms with Gasteiger partial charge in [-0.05, 0) is 47.9 Å². The summed E-state index contributed by atoms with van der Waals surface area (Å²) >= 11 is 0. The van der Waals surface area contributed by atoms with Crippen LogP contribution in [0, 0.1) is 5.92 Å². The molecular weight excluding hydrogens is 388 g/mol. The van der Waals surface area contributed by atoms with Crippen LogP contribution >= 0.6 is 0 Å². The van der Waals surface area contributed by atoms with E-state index < -0.39 is 5.91 Å². The topological polar surface area (TPSA) is 79.9 Å². The Hall–Kier alpha value is -3.02. The molecular formula is C25H34N4O2. The van der Waals surface area contributed by atoms with Crippen molar-refractivity contribution in [1.82, 2.24) is 10.2 Å². The Kier molecular flexibility index (Phi) is 8.33. The van der Waals surface area contributed by atoms with Gasteiger partial charge in [-0.3, -0.25) is 9.79 Å². The number of likely N-dealkylation sites (tertiary alicyclic amines) is 1. The van der Waals surface area contributed by atoms with Gasteiger partial charge < -0.3 is 20.7 Å². The molecule has 2 atom stereocenters. The Morgan fingerprint density at radius 3 is 2.58 bits per heavy atom. The van der Waals surface area contributed by atoms with E-state index in [-0.39, 0.29) is 6.61 Å². The van der Waals surface area contributed by atoms with Crippen molar-refractivity contribution in [2.75, 3.05) is 33.3 Å². The molecule has 0 bridgehead atoms. The Labute approximate surface area is 185 Å². The summed E-state index contributed by atoms with van der Waals surface area (Å²) < 4.78 is 5.31. The summed E-state index contributed by atoms with van der Waals surface area (Å²) in [4.78, 5) is 17.7. The quantitative estimate of drug-likeness (QED) is 0.506. The second-order valence-corrected chi connectivity index (χ2v) is 8.04. The lowest BCUT2D eigenvalue weighted by Crippen LogP contribution is -2.48. The maximum Gasteiger partial charge on any atom is 0.255 e. The van der Waals surface area contributed by atoms with Crippen LogP contribution in [0.15, 0.2) is 59.6 Å². The van der Waals surface area contributed by atoms with Crippen LogP contribution in [0.2, 0.25) is 0 Å². The highest BCUT2D eigenvalue weighted by molar-refractivity contribution is 5.80. The summed E-state index contributed by atoms with van der Waals surface area (Å²) in [5.41, 5.74) is 7.76. The van der Waals surface area contributed by atoms with Gasteiger partial charge in [0.15, 0.2) is 12.6 Å². The van der Waals surface area contributed by atoms with Crippen molar-refractivity contribution < 1.29 is 9.53 Å². The van der Waals surface area contributed by atoms with Crippen molar-refractivity contribution in [3.05, 3.63) is 65.7 Å². The molecule has 3 N–H and O–H groups in total. The molecule has 1 heterocycles. The zero-order valence-corrected chi connectivity index (χ0v) is 18.6. The number of piperidine rings is 1. The minimum atomic E-state index is -0.474. The number of primary amides is 1. The molecule has 6 nitrogen and oxygen atoms in total. The zero-order chi connectivity index (χ0) is 22.1. The molecule has 0 aliphatic carbocycles. The van der Waals surface area contributed by atoms with Gasteiger partial charge >= 0.3 is 0 Å². The van der Waals surface area contributed by atoms with Gasteiger partial charge in [-0.1, -0.05) is 55.8 Å². The standard InChI is InChI=1S/C25H34N4O2/c1-3-20-17-29(16-14-23(20)21-7-5-4-6-8-21)25(27-2)28-15-13-19-9-11-22(12-10-19)31-18-24(26)30/h4-12,20,23H,3,13-18H2,1-2H3,(H2,26,30)(H,27,28). The van der Waals surface area contributed by atoms with Crippen LogP contribution in [0.1, 0.15) is 36.8 Å². The van der Waals surface area contributed by atoms with E-state index in [9.17, 15) is 4.79 Å². The number of carbonyl (C=O) groups excluding carboxylic acids is 1. The molecule has 2 aromatic rings. The molecule has 1 aliphatic heterocycles. The predicted octanol–water partition coefficient (Wildman–Crippen LogP) is 3.18. The fraction of sp³-hybridized carbons (Fsp3) is 0.440. The molecule has 2 aromatic carbocycles. The van der Waals surface area contributed by atoms with Gasteiger partial charge in [0, 0.05) is 26.7 Å². The average Bonchev–Trinajstić information content (AvgIpc) is 2.81. The second kappa shape index (κ2) is 11.4. The summed E-state index contributed by atoms with van der Waals surface area (Å²) in [7, 11) is 1.86. The first-order chi connectivity index (χ1) is 15.1. The Balaban J connectivity index is 1.49. The van der Waals surface area contributed by atoms with E-state index in [1.807, 2.05) is 31.3 Å². The van der Waals surface area contributed by atoms with Crippen LogP contribution in [-0.2, 0) is 11.2 Å². The molecule has 1 amide bonds. The molecule has 31 heavy (non-hydrogen) atoms. The largest absolute Gasteiger partial charge is 0.484 e. The van der Waals surface area contributed by atoms with Gasteiger partial charge in [-0.25, -0.2) is 0 Å². The highest BCUT2D eigenvalue weighted by Crippen LogP contribution is 2.34. The number of rotatable bonds is 8. The van der Waals surface area contributed by atoms with E-state index in [0.717, 1.165) is 44.9 Å². The first-order valence-electron chi connectivity index (χ1n) is 11.1. The van der Waals surface area contributed by atoms with E-state index in [1.165, 1.54) is 11.1 Å². The van der Waals surface area contributed by atoms with Crippen LogP contribution in [-0.4, -0.2) is 50.1 Å². The highest BCUT2D eigenvalue weighted by atomic mass is 16.5. The molecule has 1 saturated heterocycles. The van der Waals surface area contributed by atoms with Gasteiger partial charge in [0.05, 0.1) is 0 Å². The first kappa shape index (κ1) is 22.7. The summed E-state index contributed by atoms with van der Waals surface area (Å²) in [6.07, 6.45) is 3.19. The number of aliphatic imine (C=N–C) groups is 1. The number of hydrogen-bond acceptors (Lipinski definition) is 3. The third kappa shape index (κ3) is 6.48. The SMILES string of the molecule is CCC1CN(C(=NC)NCCc2ccc(OCC(N)=O)cc2)CCC1c1ccccc1. The summed E-state index contributed by atoms with van der Waals surface area (Å²) in [6.45, 7) is 5.04. The van der Waals surface area contributed by atoms with Crippen LogP contribution in [0.5, 0.6) is 5.75 Å². The van der Waals surface area contributed by atoms with Crippen LogP contribution in [0.4, 0.5) is 0 Å². The molecule has 6 heteroatoms. The van der Waals surface area contributed by atoms with E-state index in [1.54, 1.807) is 0 Å². The van der Waals surface area contributed by atoms with E-state index in [4.69, 9.17) is 10.5 Å². The number of nitrogens with two attached hydrogens (primary N) is 1. The number of benzene rings is 2. The number of carbonyl (C=O) groups is 1. The average molecular weight is 423 g/mol. The van der Waals surface area contributed by atoms with Crippen molar-refractivity contribution in [3.8, 4) is 5.75 Å². The number of amides is 1. The predicted molar refractivity (Wildman–Crippen MR) is 125 cm³/mol. The van der Waals surface area contributed by atoms with Gasteiger partial charge in [-0.2, -0.15) is 0 Å². The zero-order valence-electron chi connectivity index (χ0n) is 18.6. The van der Waals surface area contributed by atoms with Crippen molar-refractivity contribution in [3.63, 3.8) is 0 Å². The molecule has 0 aromatic heterocycles. The van der Waals surface area contributed by atoms with Crippen molar-refractivity contribution >= 4 is 11.9 Å². The normalized spacial score (nSPS) is 19.2. The number of nitrogens with zero attached hydrogens (tertiary/aromatic N) is 2. The Morgan fingerprint density at radius 2 is 1.94 bits per heavy atom. The molecule has 3 rings (SSSR count). The smallest absolute Gasteiger partial charge is 0.255 e. The highest BCUT2D eigenvalue weighted by Gasteiger charge is 2.30. The molecule has 2 unspecified atom stereocenters. The van der Waals surface area contributed by atoms with Crippen LogP contribution in [0.3, 0.4) is 0 Å². The summed E-state index contributed by atoms with van der Waals surface area (Å²) in [6, 6.07) is 18.7. The van der Waals surface area contributed by atoms with Crippen molar-refractivity contribution in [2.24, 2.45) is 16.6 Å².